The zero-order valence-corrected chi connectivity index (χ0v) is 13.3. The minimum Gasteiger partial charge on any atom is -0.350 e. The Balaban J connectivity index is 1.90. The first-order chi connectivity index (χ1) is 11.8. The molecule has 3 aromatic carbocycles. The summed E-state index contributed by atoms with van der Waals surface area (Å²) < 4.78 is 2.17. The molecule has 0 aliphatic rings. The first-order valence-electron chi connectivity index (χ1n) is 7.98. The molecular formula is C21H15N3. The smallest absolute Gasteiger partial charge is 0.116 e. The van der Waals surface area contributed by atoms with Gasteiger partial charge in [-0.1, -0.05) is 36.4 Å². The summed E-state index contributed by atoms with van der Waals surface area (Å²) in [5.74, 6) is 0. The van der Waals surface area contributed by atoms with Crippen LogP contribution in [0, 0.1) is 0 Å². The van der Waals surface area contributed by atoms with Crippen LogP contribution in [0.2, 0.25) is 0 Å². The van der Waals surface area contributed by atoms with E-state index in [0.29, 0.717) is 0 Å². The molecule has 0 saturated carbocycles. The van der Waals surface area contributed by atoms with Crippen molar-refractivity contribution in [3.05, 3.63) is 73.3 Å². The molecule has 0 fully saturated rings. The maximum atomic E-state index is 4.47. The Hall–Kier alpha value is -3.20. The Morgan fingerprint density at radius 2 is 1.75 bits per heavy atom. The molecule has 0 radical (unpaired) electrons. The molecule has 0 unspecified atom stereocenters. The van der Waals surface area contributed by atoms with Crippen LogP contribution < -0.4 is 0 Å². The molecule has 0 bridgehead atoms. The lowest BCUT2D eigenvalue weighted by Gasteiger charge is -2.10. The van der Waals surface area contributed by atoms with Gasteiger partial charge in [0.15, 0.2) is 0 Å². The third kappa shape index (κ3) is 1.85. The van der Waals surface area contributed by atoms with Gasteiger partial charge in [-0.25, -0.2) is 9.97 Å². The lowest BCUT2D eigenvalue weighted by Crippen LogP contribution is -1.91. The minimum absolute atomic E-state index is 0.979. The van der Waals surface area contributed by atoms with Crippen molar-refractivity contribution in [2.45, 2.75) is 0 Å². The molecule has 2 heterocycles. The molecule has 2 aromatic heterocycles. The summed E-state index contributed by atoms with van der Waals surface area (Å²) >= 11 is 0. The molecule has 0 amide bonds. The average Bonchev–Trinajstić information content (AvgIpc) is 3.03. The number of rotatable bonds is 1. The minimum atomic E-state index is 0.979. The van der Waals surface area contributed by atoms with E-state index in [0.717, 1.165) is 10.9 Å². The summed E-state index contributed by atoms with van der Waals surface area (Å²) in [4.78, 5) is 8.66. The normalized spacial score (nSPS) is 11.5. The van der Waals surface area contributed by atoms with Gasteiger partial charge in [0.25, 0.3) is 0 Å². The van der Waals surface area contributed by atoms with Crippen molar-refractivity contribution in [2.75, 3.05) is 0 Å². The topological polar surface area (TPSA) is 30.7 Å². The number of nitrogens with zero attached hydrogens (tertiary/aromatic N) is 3. The fourth-order valence-corrected chi connectivity index (χ4v) is 3.53. The highest BCUT2D eigenvalue weighted by Gasteiger charge is 2.12. The molecule has 24 heavy (non-hydrogen) atoms. The van der Waals surface area contributed by atoms with E-state index in [2.05, 4.69) is 82.4 Å². The van der Waals surface area contributed by atoms with Gasteiger partial charge in [0.1, 0.15) is 6.33 Å². The Bertz CT molecular complexity index is 1220. The maximum Gasteiger partial charge on any atom is 0.116 e. The second-order valence-corrected chi connectivity index (χ2v) is 6.13. The Morgan fingerprint density at radius 3 is 2.67 bits per heavy atom. The van der Waals surface area contributed by atoms with Gasteiger partial charge in [-0.3, -0.25) is 0 Å². The zero-order chi connectivity index (χ0) is 16.1. The monoisotopic (exact) mass is 309 g/mol. The summed E-state index contributed by atoms with van der Waals surface area (Å²) in [5, 5.41) is 4.80. The van der Waals surface area contributed by atoms with E-state index in [1.165, 1.54) is 32.8 Å². The summed E-state index contributed by atoms with van der Waals surface area (Å²) in [6.07, 6.45) is 5.61. The van der Waals surface area contributed by atoms with Crippen molar-refractivity contribution < 1.29 is 0 Å². The Morgan fingerprint density at radius 1 is 0.875 bits per heavy atom. The lowest BCUT2D eigenvalue weighted by molar-refractivity contribution is 0.970. The van der Waals surface area contributed by atoms with E-state index >= 15 is 0 Å². The van der Waals surface area contributed by atoms with Gasteiger partial charge >= 0.3 is 0 Å². The van der Waals surface area contributed by atoms with Gasteiger partial charge in [0, 0.05) is 35.8 Å². The standard InChI is InChI=1S/C21H15N3/c1-24-9-8-17-19-12-22-13-23-20(19)11-18(21(17)24)16-7-6-14-4-2-3-5-15(14)10-16/h2-13H,1H3. The van der Waals surface area contributed by atoms with Crippen molar-refractivity contribution in [2.24, 2.45) is 7.05 Å². The highest BCUT2D eigenvalue weighted by atomic mass is 14.9. The van der Waals surface area contributed by atoms with Crippen LogP contribution in [0.25, 0.3) is 43.7 Å². The third-order valence-corrected chi connectivity index (χ3v) is 4.70. The van der Waals surface area contributed by atoms with Gasteiger partial charge in [-0.05, 0) is 34.5 Å². The SMILES string of the molecule is Cn1ccc2c3cncnc3cc(-c3ccc4ccccc4c3)c21. The van der Waals surface area contributed by atoms with Crippen LogP contribution in [0.1, 0.15) is 0 Å². The van der Waals surface area contributed by atoms with E-state index in [1.54, 1.807) is 6.33 Å². The summed E-state index contributed by atoms with van der Waals surface area (Å²) in [6.45, 7) is 0. The summed E-state index contributed by atoms with van der Waals surface area (Å²) in [5.41, 5.74) is 4.61. The van der Waals surface area contributed by atoms with Crippen LogP contribution in [0.4, 0.5) is 0 Å². The molecule has 5 rings (SSSR count). The largest absolute Gasteiger partial charge is 0.350 e. The quantitative estimate of drug-likeness (QED) is 0.439. The van der Waals surface area contributed by atoms with Gasteiger partial charge < -0.3 is 4.57 Å². The molecule has 3 heteroatoms. The molecule has 3 nitrogen and oxygen atoms in total. The van der Waals surface area contributed by atoms with Gasteiger partial charge in [0.05, 0.1) is 11.0 Å². The number of fused-ring (bicyclic) bond motifs is 4. The van der Waals surface area contributed by atoms with Crippen LogP contribution in [0.15, 0.2) is 73.3 Å². The van der Waals surface area contributed by atoms with Gasteiger partial charge in [-0.2, -0.15) is 0 Å². The Kier molecular flexibility index (Phi) is 2.71. The number of benzene rings is 3. The molecule has 0 saturated heterocycles. The summed E-state index contributed by atoms with van der Waals surface area (Å²) in [7, 11) is 2.09. The maximum absolute atomic E-state index is 4.47. The second-order valence-electron chi connectivity index (χ2n) is 6.13. The lowest BCUT2D eigenvalue weighted by atomic mass is 9.98. The average molecular weight is 309 g/mol. The van der Waals surface area contributed by atoms with Crippen LogP contribution in [0.5, 0.6) is 0 Å². The van der Waals surface area contributed by atoms with E-state index in [-0.39, 0.29) is 0 Å². The van der Waals surface area contributed by atoms with Crippen molar-refractivity contribution in [1.82, 2.24) is 14.5 Å². The molecule has 0 atom stereocenters. The predicted molar refractivity (Wildman–Crippen MR) is 99.0 cm³/mol. The fourth-order valence-electron chi connectivity index (χ4n) is 3.53. The van der Waals surface area contributed by atoms with Gasteiger partial charge in [0.2, 0.25) is 0 Å². The fraction of sp³-hybridized carbons (Fsp3) is 0.0476. The van der Waals surface area contributed by atoms with E-state index in [9.17, 15) is 0 Å². The highest BCUT2D eigenvalue weighted by molar-refractivity contribution is 6.11. The molecule has 5 aromatic rings. The van der Waals surface area contributed by atoms with E-state index in [4.69, 9.17) is 0 Å². The first kappa shape index (κ1) is 13.3. The van der Waals surface area contributed by atoms with Crippen LogP contribution in [0.3, 0.4) is 0 Å². The Labute approximate surface area is 139 Å². The van der Waals surface area contributed by atoms with Gasteiger partial charge in [-0.15, -0.1) is 0 Å². The molecular weight excluding hydrogens is 294 g/mol. The zero-order valence-electron chi connectivity index (χ0n) is 13.3. The van der Waals surface area contributed by atoms with Crippen LogP contribution in [-0.4, -0.2) is 14.5 Å². The molecule has 0 aliphatic carbocycles. The number of aromatic nitrogens is 3. The molecule has 0 aliphatic heterocycles. The molecule has 0 N–H and O–H groups in total. The third-order valence-electron chi connectivity index (χ3n) is 4.70. The van der Waals surface area contributed by atoms with Crippen molar-refractivity contribution in [3.63, 3.8) is 0 Å². The van der Waals surface area contributed by atoms with Crippen LogP contribution in [-0.2, 0) is 7.05 Å². The second kappa shape index (κ2) is 4.90. The number of hydrogen-bond acceptors (Lipinski definition) is 2. The number of aryl methyl sites for hydroxylation is 1. The van der Waals surface area contributed by atoms with Crippen molar-refractivity contribution >= 4 is 32.6 Å². The molecule has 114 valence electrons. The highest BCUT2D eigenvalue weighted by Crippen LogP contribution is 2.35. The van der Waals surface area contributed by atoms with E-state index < -0.39 is 0 Å². The first-order valence-corrected chi connectivity index (χ1v) is 7.98. The molecule has 0 spiro atoms. The van der Waals surface area contributed by atoms with E-state index in [1.807, 2.05) is 6.20 Å². The van der Waals surface area contributed by atoms with Crippen molar-refractivity contribution in [1.29, 1.82) is 0 Å². The predicted octanol–water partition coefficient (Wildman–Crippen LogP) is 4.94. The number of hydrogen-bond donors (Lipinski definition) is 0. The summed E-state index contributed by atoms with van der Waals surface area (Å²) in [6, 6.07) is 19.4. The van der Waals surface area contributed by atoms with Crippen molar-refractivity contribution in [3.8, 4) is 11.1 Å². The van der Waals surface area contributed by atoms with Crippen LogP contribution >= 0.6 is 0 Å².